The molecule has 0 saturated carbocycles. The van der Waals surface area contributed by atoms with Gasteiger partial charge >= 0.3 is 6.03 Å². The number of urea groups is 1. The lowest BCUT2D eigenvalue weighted by molar-refractivity contribution is -0.129. The summed E-state index contributed by atoms with van der Waals surface area (Å²) in [5, 5.41) is 20.9. The van der Waals surface area contributed by atoms with Gasteiger partial charge in [0.15, 0.2) is 0 Å². The van der Waals surface area contributed by atoms with E-state index in [0.717, 1.165) is 30.2 Å². The molecule has 0 spiro atoms. The summed E-state index contributed by atoms with van der Waals surface area (Å²) in [5.74, 6) is -2.84. The number of hydrogen-bond acceptors (Lipinski definition) is 5. The molecule has 1 heterocycles. The van der Waals surface area contributed by atoms with Crippen molar-refractivity contribution >= 4 is 17.8 Å². The molecule has 0 aliphatic carbocycles. The van der Waals surface area contributed by atoms with Crippen molar-refractivity contribution in [2.75, 3.05) is 6.54 Å². The van der Waals surface area contributed by atoms with E-state index in [9.17, 15) is 28.3 Å². The number of aryl methyl sites for hydroxylation is 1. The van der Waals surface area contributed by atoms with Crippen LogP contribution < -0.4 is 21.3 Å². The number of halogens is 2. The minimum absolute atomic E-state index is 0.0680. The lowest BCUT2D eigenvalue weighted by Crippen LogP contribution is -2.60. The molecular formula is C24H28F2N4O4. The smallest absolute Gasteiger partial charge is 0.322 e. The Kier molecular flexibility index (Phi) is 8.67. The second-order valence-corrected chi connectivity index (χ2v) is 8.25. The first-order valence-corrected chi connectivity index (χ1v) is 11.1. The molecule has 3 rings (SSSR count). The van der Waals surface area contributed by atoms with Gasteiger partial charge in [0.05, 0.1) is 18.6 Å². The molecule has 0 radical (unpaired) electrons. The summed E-state index contributed by atoms with van der Waals surface area (Å²) in [4.78, 5) is 35.8. The number of carbonyl (C=O) groups excluding carboxylic acids is 3. The van der Waals surface area contributed by atoms with E-state index in [0.29, 0.717) is 6.54 Å². The Morgan fingerprint density at radius 2 is 1.82 bits per heavy atom. The number of carbonyl (C=O) groups is 3. The molecule has 1 aliphatic heterocycles. The molecule has 8 nitrogen and oxygen atoms in total. The first-order chi connectivity index (χ1) is 16.2. The maximum absolute atomic E-state index is 13.7. The van der Waals surface area contributed by atoms with Gasteiger partial charge in [0.25, 0.3) is 0 Å². The number of aliphatic hydroxyl groups excluding tert-OH is 1. The van der Waals surface area contributed by atoms with Crippen molar-refractivity contribution in [2.45, 2.75) is 50.9 Å². The van der Waals surface area contributed by atoms with Gasteiger partial charge < -0.3 is 21.1 Å². The van der Waals surface area contributed by atoms with Crippen LogP contribution in [0.4, 0.5) is 13.6 Å². The number of rotatable bonds is 10. The van der Waals surface area contributed by atoms with Crippen LogP contribution in [0, 0.1) is 11.6 Å². The van der Waals surface area contributed by atoms with E-state index in [2.05, 4.69) is 22.9 Å². The zero-order chi connectivity index (χ0) is 24.7. The van der Waals surface area contributed by atoms with Crippen molar-refractivity contribution < 1.29 is 28.3 Å². The summed E-state index contributed by atoms with van der Waals surface area (Å²) in [6.45, 7) is 2.60. The normalized spacial score (nSPS) is 17.5. The van der Waals surface area contributed by atoms with Crippen LogP contribution in [0.2, 0.25) is 0 Å². The van der Waals surface area contributed by atoms with Crippen LogP contribution in [-0.2, 0) is 29.0 Å². The Bertz CT molecular complexity index is 1010. The molecule has 5 N–H and O–H groups in total. The van der Waals surface area contributed by atoms with Crippen LogP contribution in [0.3, 0.4) is 0 Å². The Hall–Kier alpha value is -3.37. The van der Waals surface area contributed by atoms with E-state index in [1.54, 1.807) is 0 Å². The third kappa shape index (κ3) is 7.32. The molecular weight excluding hydrogens is 446 g/mol. The van der Waals surface area contributed by atoms with Gasteiger partial charge in [0, 0.05) is 19.2 Å². The molecule has 34 heavy (non-hydrogen) atoms. The second-order valence-electron chi connectivity index (χ2n) is 8.25. The van der Waals surface area contributed by atoms with Crippen LogP contribution in [0.25, 0.3) is 0 Å². The van der Waals surface area contributed by atoms with Crippen LogP contribution in [0.1, 0.15) is 30.0 Å². The van der Waals surface area contributed by atoms with Crippen molar-refractivity contribution in [1.29, 1.82) is 0 Å². The van der Waals surface area contributed by atoms with Crippen LogP contribution in [-0.4, -0.2) is 47.7 Å². The van der Waals surface area contributed by atoms with Gasteiger partial charge in [-0.1, -0.05) is 31.2 Å². The standard InChI is InChI=1S/C24H28F2N4O4/c1-2-14-4-3-5-15(6-14)12-27-13-21(31)19(9-16-7-17(25)10-18(26)8-16)28-23(33)20-11-22(32)30-24(34)29-20/h3-8,10,19-21,27,31H,2,9,11-13H2,1H3,(H,28,33)(H2,29,30,32,34)/t19-,20?,21-/m0/s1. The van der Waals surface area contributed by atoms with Gasteiger partial charge in [-0.3, -0.25) is 14.9 Å². The first-order valence-electron chi connectivity index (χ1n) is 11.1. The van der Waals surface area contributed by atoms with E-state index in [4.69, 9.17) is 0 Å². The summed E-state index contributed by atoms with van der Waals surface area (Å²) in [5.41, 5.74) is 2.44. The summed E-state index contributed by atoms with van der Waals surface area (Å²) in [6.07, 6.45) is -0.565. The first kappa shape index (κ1) is 25.3. The molecule has 1 aliphatic rings. The van der Waals surface area contributed by atoms with Crippen LogP contribution >= 0.6 is 0 Å². The van der Waals surface area contributed by atoms with Gasteiger partial charge in [-0.05, 0) is 41.7 Å². The molecule has 1 saturated heterocycles. The third-order valence-electron chi connectivity index (χ3n) is 5.52. The van der Waals surface area contributed by atoms with E-state index in [1.165, 1.54) is 5.56 Å². The van der Waals surface area contributed by atoms with E-state index in [1.807, 2.05) is 29.6 Å². The molecule has 2 aromatic rings. The molecule has 1 unspecified atom stereocenters. The fourth-order valence-electron chi connectivity index (χ4n) is 3.78. The predicted octanol–water partition coefficient (Wildman–Crippen LogP) is 1.30. The molecule has 0 bridgehead atoms. The summed E-state index contributed by atoms with van der Waals surface area (Å²) >= 11 is 0. The van der Waals surface area contributed by atoms with Gasteiger partial charge in [0.2, 0.25) is 11.8 Å². The topological polar surface area (TPSA) is 120 Å². The molecule has 10 heteroatoms. The fraction of sp³-hybridized carbons (Fsp3) is 0.375. The SMILES string of the molecule is CCc1cccc(CNC[C@H](O)[C@H](Cc2cc(F)cc(F)c2)NC(=O)C2CC(=O)NC(=O)N2)c1. The average Bonchev–Trinajstić information content (AvgIpc) is 2.77. The number of benzene rings is 2. The molecule has 2 aromatic carbocycles. The Morgan fingerprint density at radius 1 is 1.12 bits per heavy atom. The largest absolute Gasteiger partial charge is 0.390 e. The highest BCUT2D eigenvalue weighted by atomic mass is 19.1. The van der Waals surface area contributed by atoms with Gasteiger partial charge in [-0.25, -0.2) is 13.6 Å². The van der Waals surface area contributed by atoms with E-state index < -0.39 is 47.7 Å². The second kappa shape index (κ2) is 11.7. The summed E-state index contributed by atoms with van der Waals surface area (Å²) in [7, 11) is 0. The monoisotopic (exact) mass is 474 g/mol. The van der Waals surface area contributed by atoms with Crippen molar-refractivity contribution in [3.63, 3.8) is 0 Å². The van der Waals surface area contributed by atoms with Crippen molar-refractivity contribution in [3.05, 3.63) is 70.8 Å². The Labute approximate surface area is 196 Å². The van der Waals surface area contributed by atoms with Crippen LogP contribution in [0.5, 0.6) is 0 Å². The summed E-state index contributed by atoms with van der Waals surface area (Å²) in [6, 6.07) is 8.08. The Balaban J connectivity index is 1.68. The maximum Gasteiger partial charge on any atom is 0.322 e. The Morgan fingerprint density at radius 3 is 2.50 bits per heavy atom. The van der Waals surface area contributed by atoms with E-state index in [-0.39, 0.29) is 24.9 Å². The molecule has 4 amide bonds. The predicted molar refractivity (Wildman–Crippen MR) is 121 cm³/mol. The highest BCUT2D eigenvalue weighted by Gasteiger charge is 2.32. The van der Waals surface area contributed by atoms with Gasteiger partial charge in [-0.15, -0.1) is 0 Å². The molecule has 1 fully saturated rings. The number of amides is 4. The van der Waals surface area contributed by atoms with Gasteiger partial charge in [0.1, 0.15) is 17.7 Å². The minimum Gasteiger partial charge on any atom is -0.390 e. The molecule has 3 atom stereocenters. The highest BCUT2D eigenvalue weighted by Crippen LogP contribution is 2.13. The maximum atomic E-state index is 13.7. The zero-order valence-electron chi connectivity index (χ0n) is 18.7. The lowest BCUT2D eigenvalue weighted by atomic mass is 9.99. The van der Waals surface area contributed by atoms with E-state index >= 15 is 0 Å². The lowest BCUT2D eigenvalue weighted by Gasteiger charge is -2.28. The van der Waals surface area contributed by atoms with Crippen molar-refractivity contribution in [2.24, 2.45) is 0 Å². The zero-order valence-corrected chi connectivity index (χ0v) is 18.7. The molecule has 0 aromatic heterocycles. The fourth-order valence-corrected chi connectivity index (χ4v) is 3.78. The minimum atomic E-state index is -1.13. The number of imide groups is 1. The van der Waals surface area contributed by atoms with Gasteiger partial charge in [-0.2, -0.15) is 0 Å². The quantitative estimate of drug-likeness (QED) is 0.356. The van der Waals surface area contributed by atoms with Crippen molar-refractivity contribution in [3.8, 4) is 0 Å². The number of hydrogen-bond donors (Lipinski definition) is 5. The number of aliphatic hydroxyl groups is 1. The number of nitrogens with one attached hydrogen (secondary N) is 4. The summed E-state index contributed by atoms with van der Waals surface area (Å²) < 4.78 is 27.4. The van der Waals surface area contributed by atoms with Crippen molar-refractivity contribution in [1.82, 2.24) is 21.3 Å². The third-order valence-corrected chi connectivity index (χ3v) is 5.52. The average molecular weight is 475 g/mol. The molecule has 182 valence electrons. The van der Waals surface area contributed by atoms with Crippen LogP contribution in [0.15, 0.2) is 42.5 Å². The highest BCUT2D eigenvalue weighted by molar-refractivity contribution is 6.02.